The van der Waals surface area contributed by atoms with Gasteiger partial charge in [-0.15, -0.1) is 0 Å². The molecule has 0 saturated heterocycles. The van der Waals surface area contributed by atoms with Crippen molar-refractivity contribution in [3.63, 3.8) is 0 Å². The van der Waals surface area contributed by atoms with Gasteiger partial charge in [-0.05, 0) is 53.6 Å². The van der Waals surface area contributed by atoms with Gasteiger partial charge in [0.2, 0.25) is 0 Å². The number of benzene rings is 1. The van der Waals surface area contributed by atoms with Crippen LogP contribution in [0, 0.1) is 9.49 Å². The molecule has 18 heavy (non-hydrogen) atoms. The van der Waals surface area contributed by atoms with Crippen molar-refractivity contribution >= 4 is 28.3 Å². The summed E-state index contributed by atoms with van der Waals surface area (Å²) in [6.45, 7) is 0. The van der Waals surface area contributed by atoms with Crippen molar-refractivity contribution in [3.05, 3.63) is 27.8 Å². The Balaban J connectivity index is 2.10. The van der Waals surface area contributed by atoms with E-state index in [2.05, 4.69) is 27.9 Å². The molecule has 5 heteroatoms. The van der Waals surface area contributed by atoms with Crippen molar-refractivity contribution in [1.82, 2.24) is 0 Å². The zero-order valence-electron chi connectivity index (χ0n) is 9.80. The zero-order chi connectivity index (χ0) is 13.2. The van der Waals surface area contributed by atoms with Crippen LogP contribution in [0.3, 0.4) is 0 Å². The van der Waals surface area contributed by atoms with E-state index in [0.717, 1.165) is 15.7 Å². The minimum atomic E-state index is -4.10. The van der Waals surface area contributed by atoms with Gasteiger partial charge in [-0.3, -0.25) is 0 Å². The highest BCUT2D eigenvalue weighted by molar-refractivity contribution is 14.1. The predicted octanol–water partition coefficient (Wildman–Crippen LogP) is 4.82. The van der Waals surface area contributed by atoms with Crippen LogP contribution in [0.1, 0.15) is 25.7 Å². The second-order valence-corrected chi connectivity index (χ2v) is 5.94. The lowest BCUT2D eigenvalue weighted by Gasteiger charge is -2.34. The van der Waals surface area contributed by atoms with Gasteiger partial charge in [-0.1, -0.05) is 18.9 Å². The summed E-state index contributed by atoms with van der Waals surface area (Å²) in [5, 5.41) is 3.05. The van der Waals surface area contributed by atoms with Crippen LogP contribution in [0.15, 0.2) is 24.3 Å². The van der Waals surface area contributed by atoms with E-state index in [4.69, 9.17) is 0 Å². The molecule has 1 N–H and O–H groups in total. The maximum Gasteiger partial charge on any atom is 0.393 e. The molecule has 2 atom stereocenters. The van der Waals surface area contributed by atoms with Gasteiger partial charge in [0.05, 0.1) is 5.92 Å². The van der Waals surface area contributed by atoms with Gasteiger partial charge in [-0.25, -0.2) is 0 Å². The Morgan fingerprint density at radius 1 is 1.17 bits per heavy atom. The first-order valence-electron chi connectivity index (χ1n) is 6.05. The Bertz CT molecular complexity index is 405. The number of rotatable bonds is 2. The van der Waals surface area contributed by atoms with Crippen LogP contribution in [0.5, 0.6) is 0 Å². The Hall–Kier alpha value is -0.460. The summed E-state index contributed by atoms with van der Waals surface area (Å²) in [7, 11) is 0. The van der Waals surface area contributed by atoms with Crippen molar-refractivity contribution in [3.8, 4) is 0 Å². The second kappa shape index (κ2) is 5.67. The minimum absolute atomic E-state index is 0.241. The normalized spacial score (nSPS) is 24.9. The van der Waals surface area contributed by atoms with Gasteiger partial charge in [0.25, 0.3) is 0 Å². The fourth-order valence-electron chi connectivity index (χ4n) is 2.49. The third kappa shape index (κ3) is 3.52. The molecule has 0 amide bonds. The number of nitrogens with one attached hydrogen (secondary N) is 1. The highest BCUT2D eigenvalue weighted by atomic mass is 127. The molecular formula is C13H15F3IN. The predicted molar refractivity (Wildman–Crippen MR) is 74.6 cm³/mol. The average molecular weight is 369 g/mol. The standard InChI is InChI=1S/C13H15F3IN/c14-13(15,16)11-6-1-2-7-12(11)18-10-5-3-4-9(17)8-10/h3-5,8,11-12,18H,1-2,6-7H2. The topological polar surface area (TPSA) is 12.0 Å². The highest BCUT2D eigenvalue weighted by Crippen LogP contribution is 2.39. The molecule has 0 bridgehead atoms. The average Bonchev–Trinajstić information content (AvgIpc) is 2.28. The maximum absolute atomic E-state index is 12.9. The van der Waals surface area contributed by atoms with E-state index in [0.29, 0.717) is 12.8 Å². The summed E-state index contributed by atoms with van der Waals surface area (Å²) in [5.41, 5.74) is 0.781. The molecule has 1 aliphatic rings. The number of hydrogen-bond donors (Lipinski definition) is 1. The van der Waals surface area contributed by atoms with E-state index in [-0.39, 0.29) is 6.42 Å². The Morgan fingerprint density at radius 3 is 2.56 bits per heavy atom. The van der Waals surface area contributed by atoms with Crippen LogP contribution in [-0.2, 0) is 0 Å². The zero-order valence-corrected chi connectivity index (χ0v) is 12.0. The molecule has 1 aromatic rings. The molecule has 2 unspecified atom stereocenters. The van der Waals surface area contributed by atoms with Gasteiger partial charge in [0.1, 0.15) is 0 Å². The molecule has 0 spiro atoms. The highest BCUT2D eigenvalue weighted by Gasteiger charge is 2.45. The molecule has 1 aromatic carbocycles. The van der Waals surface area contributed by atoms with E-state index in [9.17, 15) is 13.2 Å². The Morgan fingerprint density at radius 2 is 1.89 bits per heavy atom. The number of hydrogen-bond acceptors (Lipinski definition) is 1. The number of anilines is 1. The van der Waals surface area contributed by atoms with Crippen molar-refractivity contribution in [1.29, 1.82) is 0 Å². The first kappa shape index (κ1) is 14.0. The largest absolute Gasteiger partial charge is 0.393 e. The molecule has 2 rings (SSSR count). The molecule has 0 aliphatic heterocycles. The molecule has 0 heterocycles. The second-order valence-electron chi connectivity index (χ2n) is 4.69. The maximum atomic E-state index is 12.9. The third-order valence-corrected chi connectivity index (χ3v) is 4.03. The van der Waals surface area contributed by atoms with Crippen LogP contribution < -0.4 is 5.32 Å². The minimum Gasteiger partial charge on any atom is -0.382 e. The quantitative estimate of drug-likeness (QED) is 0.737. The molecule has 1 fully saturated rings. The van der Waals surface area contributed by atoms with Crippen LogP contribution in [0.25, 0.3) is 0 Å². The first-order chi connectivity index (χ1) is 8.47. The van der Waals surface area contributed by atoms with Gasteiger partial charge < -0.3 is 5.32 Å². The number of alkyl halides is 3. The first-order valence-corrected chi connectivity index (χ1v) is 7.13. The van der Waals surface area contributed by atoms with E-state index in [1.165, 1.54) is 0 Å². The molecular weight excluding hydrogens is 354 g/mol. The third-order valence-electron chi connectivity index (χ3n) is 3.36. The molecule has 1 nitrogen and oxygen atoms in total. The van der Waals surface area contributed by atoms with Crippen LogP contribution in [-0.4, -0.2) is 12.2 Å². The summed E-state index contributed by atoms with van der Waals surface area (Å²) < 4.78 is 39.8. The van der Waals surface area contributed by atoms with Crippen LogP contribution >= 0.6 is 22.6 Å². The van der Waals surface area contributed by atoms with Crippen molar-refractivity contribution in [2.45, 2.75) is 37.9 Å². The monoisotopic (exact) mass is 369 g/mol. The fraction of sp³-hybridized carbons (Fsp3) is 0.538. The van der Waals surface area contributed by atoms with E-state index >= 15 is 0 Å². The van der Waals surface area contributed by atoms with E-state index in [1.54, 1.807) is 0 Å². The lowest BCUT2D eigenvalue weighted by atomic mass is 9.84. The van der Waals surface area contributed by atoms with Crippen molar-refractivity contribution < 1.29 is 13.2 Å². The van der Waals surface area contributed by atoms with Crippen LogP contribution in [0.2, 0.25) is 0 Å². The molecule has 0 radical (unpaired) electrons. The summed E-state index contributed by atoms with van der Waals surface area (Å²) in [5.74, 6) is -1.22. The van der Waals surface area contributed by atoms with Crippen molar-refractivity contribution in [2.75, 3.05) is 5.32 Å². The Labute approximate surface area is 118 Å². The van der Waals surface area contributed by atoms with Gasteiger partial charge in [0, 0.05) is 15.3 Å². The molecule has 1 saturated carbocycles. The Kier molecular flexibility index (Phi) is 4.40. The molecule has 1 aliphatic carbocycles. The summed E-state index contributed by atoms with van der Waals surface area (Å²) in [6, 6.07) is 6.99. The lowest BCUT2D eigenvalue weighted by molar-refractivity contribution is -0.184. The molecule has 0 aromatic heterocycles. The van der Waals surface area contributed by atoms with Crippen molar-refractivity contribution in [2.24, 2.45) is 5.92 Å². The van der Waals surface area contributed by atoms with Crippen LogP contribution in [0.4, 0.5) is 18.9 Å². The van der Waals surface area contributed by atoms with E-state index < -0.39 is 18.1 Å². The van der Waals surface area contributed by atoms with E-state index in [1.807, 2.05) is 24.3 Å². The van der Waals surface area contributed by atoms with Gasteiger partial charge in [0.15, 0.2) is 0 Å². The van der Waals surface area contributed by atoms with Gasteiger partial charge in [-0.2, -0.15) is 13.2 Å². The SMILES string of the molecule is FC(F)(F)C1CCCCC1Nc1cccc(I)c1. The fourth-order valence-corrected chi connectivity index (χ4v) is 3.03. The molecule has 100 valence electrons. The summed E-state index contributed by atoms with van der Waals surface area (Å²) in [6.07, 6.45) is -1.72. The summed E-state index contributed by atoms with van der Waals surface area (Å²) in [4.78, 5) is 0. The van der Waals surface area contributed by atoms with Gasteiger partial charge >= 0.3 is 6.18 Å². The lowest BCUT2D eigenvalue weighted by Crippen LogP contribution is -2.41. The summed E-state index contributed by atoms with van der Waals surface area (Å²) >= 11 is 2.16. The number of halogens is 4. The smallest absolute Gasteiger partial charge is 0.382 e.